The zero-order valence-corrected chi connectivity index (χ0v) is 18.0. The third-order valence-electron chi connectivity index (χ3n) is 5.24. The molecule has 2 N–H and O–H groups in total. The molecule has 1 aliphatic carbocycles. The standard InChI is InChI=1S/C23H36N2OS/c1-5-11-20(26-4)14-13-18(2)12-9-7-6-8-10-15-23(24)17-27-22(25-23)21-16-19(21)3/h5,7,9-10,12,15,19-21H,1,6,8,11,13-14,16-17,24H2,2-4H3/b9-7+,15-10-,18-12+/t19-,20-,21?,23+/m0/s1. The average Bonchev–Trinajstić information content (AvgIpc) is 3.25. The van der Waals surface area contributed by atoms with Crippen LogP contribution in [0.4, 0.5) is 0 Å². The fraction of sp³-hybridized carbons (Fsp3) is 0.609. The summed E-state index contributed by atoms with van der Waals surface area (Å²) in [6, 6.07) is 0. The number of nitrogens with zero attached hydrogens (tertiary/aromatic N) is 1. The van der Waals surface area contributed by atoms with Crippen molar-refractivity contribution in [1.29, 1.82) is 0 Å². The highest BCUT2D eigenvalue weighted by atomic mass is 32.2. The fourth-order valence-corrected chi connectivity index (χ4v) is 4.52. The van der Waals surface area contributed by atoms with Crippen LogP contribution in [0.1, 0.15) is 52.4 Å². The van der Waals surface area contributed by atoms with E-state index in [1.54, 1.807) is 7.11 Å². The predicted molar refractivity (Wildman–Crippen MR) is 120 cm³/mol. The SMILES string of the molecule is C=CC[C@@H](CC/C(C)=C/C=C/CC/C=C\[C@]1(N)CSC(C2C[C@@H]2C)=N1)OC. The molecule has 0 saturated heterocycles. The van der Waals surface area contributed by atoms with Crippen molar-refractivity contribution in [3.05, 3.63) is 48.6 Å². The van der Waals surface area contributed by atoms with Crippen molar-refractivity contribution in [2.75, 3.05) is 12.9 Å². The Morgan fingerprint density at radius 1 is 1.44 bits per heavy atom. The molecule has 1 unspecified atom stereocenters. The van der Waals surface area contributed by atoms with Gasteiger partial charge in [0.1, 0.15) is 5.66 Å². The maximum absolute atomic E-state index is 6.39. The summed E-state index contributed by atoms with van der Waals surface area (Å²) in [5, 5.41) is 1.28. The lowest BCUT2D eigenvalue weighted by molar-refractivity contribution is 0.0981. The molecule has 4 heteroatoms. The van der Waals surface area contributed by atoms with Crippen molar-refractivity contribution in [3.63, 3.8) is 0 Å². The second kappa shape index (κ2) is 11.0. The average molecular weight is 389 g/mol. The summed E-state index contributed by atoms with van der Waals surface area (Å²) < 4.78 is 5.44. The van der Waals surface area contributed by atoms with Crippen LogP contribution in [-0.4, -0.2) is 29.7 Å². The van der Waals surface area contributed by atoms with E-state index in [0.717, 1.165) is 43.8 Å². The molecule has 0 amide bonds. The van der Waals surface area contributed by atoms with Crippen LogP contribution in [0.3, 0.4) is 0 Å². The van der Waals surface area contributed by atoms with Gasteiger partial charge in [0.15, 0.2) is 0 Å². The van der Waals surface area contributed by atoms with Gasteiger partial charge in [0.05, 0.1) is 11.1 Å². The highest BCUT2D eigenvalue weighted by molar-refractivity contribution is 8.14. The first kappa shape index (κ1) is 22.2. The first-order valence-electron chi connectivity index (χ1n) is 10.1. The van der Waals surface area contributed by atoms with E-state index < -0.39 is 5.66 Å². The van der Waals surface area contributed by atoms with Gasteiger partial charge in [0.25, 0.3) is 0 Å². The molecule has 0 aromatic heterocycles. The Hall–Kier alpha value is -1.10. The maximum Gasteiger partial charge on any atom is 0.137 e. The van der Waals surface area contributed by atoms with Gasteiger partial charge in [0, 0.05) is 18.8 Å². The van der Waals surface area contributed by atoms with Gasteiger partial charge in [-0.25, -0.2) is 0 Å². The summed E-state index contributed by atoms with van der Waals surface area (Å²) in [7, 11) is 1.77. The number of rotatable bonds is 12. The van der Waals surface area contributed by atoms with Crippen molar-refractivity contribution >= 4 is 16.8 Å². The molecule has 150 valence electrons. The predicted octanol–water partition coefficient (Wildman–Crippen LogP) is 5.65. The fourth-order valence-electron chi connectivity index (χ4n) is 3.20. The third kappa shape index (κ3) is 7.81. The Labute approximate surface area is 169 Å². The summed E-state index contributed by atoms with van der Waals surface area (Å²) in [6.45, 7) is 8.25. The molecule has 2 rings (SSSR count). The van der Waals surface area contributed by atoms with E-state index >= 15 is 0 Å². The van der Waals surface area contributed by atoms with Crippen LogP contribution < -0.4 is 5.73 Å². The van der Waals surface area contributed by atoms with Crippen LogP contribution in [0.2, 0.25) is 0 Å². The molecular formula is C23H36N2OS. The van der Waals surface area contributed by atoms with Crippen LogP contribution in [0.5, 0.6) is 0 Å². The second-order valence-corrected chi connectivity index (χ2v) is 8.89. The minimum Gasteiger partial charge on any atom is -0.381 e. The van der Waals surface area contributed by atoms with Crippen molar-refractivity contribution in [2.24, 2.45) is 22.6 Å². The van der Waals surface area contributed by atoms with Crippen LogP contribution in [-0.2, 0) is 4.74 Å². The lowest BCUT2D eigenvalue weighted by Gasteiger charge is -2.13. The second-order valence-electron chi connectivity index (χ2n) is 7.89. The van der Waals surface area contributed by atoms with Crippen molar-refractivity contribution in [1.82, 2.24) is 0 Å². The van der Waals surface area contributed by atoms with Gasteiger partial charge in [-0.05, 0) is 57.4 Å². The number of aliphatic imine (C=N–C) groups is 1. The molecule has 4 atom stereocenters. The van der Waals surface area contributed by atoms with E-state index in [0.29, 0.717) is 5.92 Å². The van der Waals surface area contributed by atoms with Crippen LogP contribution in [0.25, 0.3) is 0 Å². The number of allylic oxidation sites excluding steroid dienone is 5. The molecule has 2 aliphatic rings. The molecule has 0 spiro atoms. The number of unbranched alkanes of at least 4 members (excludes halogenated alkanes) is 1. The zero-order chi connectivity index (χ0) is 19.7. The van der Waals surface area contributed by atoms with Gasteiger partial charge in [0.2, 0.25) is 0 Å². The topological polar surface area (TPSA) is 47.6 Å². The van der Waals surface area contributed by atoms with Gasteiger partial charge in [-0.3, -0.25) is 4.99 Å². The monoisotopic (exact) mass is 388 g/mol. The van der Waals surface area contributed by atoms with Gasteiger partial charge >= 0.3 is 0 Å². The summed E-state index contributed by atoms with van der Waals surface area (Å²) in [6.07, 6.45) is 19.4. The van der Waals surface area contributed by atoms with Crippen LogP contribution in [0, 0.1) is 11.8 Å². The van der Waals surface area contributed by atoms with E-state index in [1.807, 2.05) is 17.8 Å². The molecule has 0 aromatic carbocycles. The molecule has 1 heterocycles. The Morgan fingerprint density at radius 3 is 2.85 bits per heavy atom. The smallest absolute Gasteiger partial charge is 0.137 e. The van der Waals surface area contributed by atoms with E-state index in [-0.39, 0.29) is 6.10 Å². The van der Waals surface area contributed by atoms with E-state index in [4.69, 9.17) is 15.5 Å². The minimum atomic E-state index is -0.480. The summed E-state index contributed by atoms with van der Waals surface area (Å²) in [4.78, 5) is 4.77. The summed E-state index contributed by atoms with van der Waals surface area (Å²) in [5.74, 6) is 2.36. The first-order chi connectivity index (χ1) is 13.0. The highest BCUT2D eigenvalue weighted by Crippen LogP contribution is 2.45. The van der Waals surface area contributed by atoms with Crippen LogP contribution >= 0.6 is 11.8 Å². The first-order valence-corrected chi connectivity index (χ1v) is 11.1. The number of nitrogens with two attached hydrogens (primary N) is 1. The van der Waals surface area contributed by atoms with E-state index in [9.17, 15) is 0 Å². The number of methoxy groups -OCH3 is 1. The van der Waals surface area contributed by atoms with E-state index in [1.165, 1.54) is 17.0 Å². The molecule has 0 bridgehead atoms. The third-order valence-corrected chi connectivity index (χ3v) is 6.54. The largest absolute Gasteiger partial charge is 0.381 e. The maximum atomic E-state index is 6.39. The molecule has 1 saturated carbocycles. The number of thioether (sulfide) groups is 1. The lowest BCUT2D eigenvalue weighted by atomic mass is 10.1. The Morgan fingerprint density at radius 2 is 2.19 bits per heavy atom. The van der Waals surface area contributed by atoms with Crippen LogP contribution in [0.15, 0.2) is 53.6 Å². The molecule has 27 heavy (non-hydrogen) atoms. The van der Waals surface area contributed by atoms with Gasteiger partial charge in [-0.1, -0.05) is 42.9 Å². The van der Waals surface area contributed by atoms with E-state index in [2.05, 4.69) is 50.8 Å². The molecule has 0 radical (unpaired) electrons. The van der Waals surface area contributed by atoms with Gasteiger partial charge < -0.3 is 10.5 Å². The molecule has 1 fully saturated rings. The number of ether oxygens (including phenoxy) is 1. The molecular weight excluding hydrogens is 352 g/mol. The molecule has 0 aromatic rings. The normalized spacial score (nSPS) is 29.5. The Bertz CT molecular complexity index is 607. The van der Waals surface area contributed by atoms with Gasteiger partial charge in [-0.2, -0.15) is 0 Å². The lowest BCUT2D eigenvalue weighted by Crippen LogP contribution is -2.35. The Balaban J connectivity index is 1.65. The number of hydrogen-bond donors (Lipinski definition) is 1. The molecule has 3 nitrogen and oxygen atoms in total. The zero-order valence-electron chi connectivity index (χ0n) is 17.2. The number of hydrogen-bond acceptors (Lipinski definition) is 4. The van der Waals surface area contributed by atoms with Crippen molar-refractivity contribution in [3.8, 4) is 0 Å². The van der Waals surface area contributed by atoms with Gasteiger partial charge in [-0.15, -0.1) is 18.3 Å². The highest BCUT2D eigenvalue weighted by Gasteiger charge is 2.42. The minimum absolute atomic E-state index is 0.281. The Kier molecular flexibility index (Phi) is 9.07. The molecule has 1 aliphatic heterocycles. The quantitative estimate of drug-likeness (QED) is 0.267. The summed E-state index contributed by atoms with van der Waals surface area (Å²) >= 11 is 1.85. The van der Waals surface area contributed by atoms with Crippen molar-refractivity contribution in [2.45, 2.75) is 64.1 Å². The summed E-state index contributed by atoms with van der Waals surface area (Å²) in [5.41, 5.74) is 7.29. The van der Waals surface area contributed by atoms with Crippen molar-refractivity contribution < 1.29 is 4.74 Å².